The van der Waals surface area contributed by atoms with Crippen LogP contribution in [0.3, 0.4) is 0 Å². The van der Waals surface area contributed by atoms with Crippen molar-refractivity contribution in [2.75, 3.05) is 6.61 Å². The summed E-state index contributed by atoms with van der Waals surface area (Å²) in [6, 6.07) is 23.1. The van der Waals surface area contributed by atoms with Gasteiger partial charge in [0.15, 0.2) is 6.23 Å². The van der Waals surface area contributed by atoms with Crippen molar-refractivity contribution in [2.45, 2.75) is 64.1 Å². The molecular formula is C31H35NO5. The van der Waals surface area contributed by atoms with Gasteiger partial charge in [-0.25, -0.2) is 0 Å². The van der Waals surface area contributed by atoms with Crippen molar-refractivity contribution >= 4 is 11.9 Å². The minimum Gasteiger partial charge on any atom is -0.493 e. The molecule has 0 aromatic heterocycles. The Bertz CT molecular complexity index is 1200. The zero-order chi connectivity index (χ0) is 26.2. The van der Waals surface area contributed by atoms with Gasteiger partial charge in [0.2, 0.25) is 0 Å². The fraction of sp³-hybridized carbons (Fsp3) is 0.355. The Morgan fingerprint density at radius 3 is 2.35 bits per heavy atom. The SMILES string of the molecule is CCc1ccccc1-c1ccc(C(=O)N(C2CC2)C(O)c2ccccc2OCCCCCC(=O)O)cc1. The molecule has 3 aromatic carbocycles. The molecule has 2 N–H and O–H groups in total. The monoisotopic (exact) mass is 501 g/mol. The fourth-order valence-electron chi connectivity index (χ4n) is 4.59. The smallest absolute Gasteiger partial charge is 0.303 e. The van der Waals surface area contributed by atoms with E-state index in [1.54, 1.807) is 17.0 Å². The van der Waals surface area contributed by atoms with E-state index in [0.717, 1.165) is 43.2 Å². The third kappa shape index (κ3) is 6.77. The molecule has 1 amide bonds. The van der Waals surface area contributed by atoms with Gasteiger partial charge in [-0.05, 0) is 73.4 Å². The van der Waals surface area contributed by atoms with Crippen LogP contribution in [0.15, 0.2) is 72.8 Å². The number of nitrogens with zero attached hydrogens (tertiary/aromatic N) is 1. The van der Waals surface area contributed by atoms with Crippen LogP contribution in [0.1, 0.15) is 73.2 Å². The average Bonchev–Trinajstić information content (AvgIpc) is 3.76. The Morgan fingerprint density at radius 2 is 1.65 bits per heavy atom. The minimum absolute atomic E-state index is 0.00734. The van der Waals surface area contributed by atoms with E-state index in [-0.39, 0.29) is 18.4 Å². The lowest BCUT2D eigenvalue weighted by molar-refractivity contribution is -0.137. The molecule has 194 valence electrons. The van der Waals surface area contributed by atoms with Crippen LogP contribution in [-0.4, -0.2) is 39.6 Å². The second-order valence-corrected chi connectivity index (χ2v) is 9.50. The van der Waals surface area contributed by atoms with Crippen LogP contribution in [0.2, 0.25) is 0 Å². The highest BCUT2D eigenvalue weighted by Crippen LogP contribution is 2.37. The first-order chi connectivity index (χ1) is 18.0. The summed E-state index contributed by atoms with van der Waals surface area (Å²) in [5, 5.41) is 20.1. The fourth-order valence-corrected chi connectivity index (χ4v) is 4.59. The van der Waals surface area contributed by atoms with E-state index in [0.29, 0.717) is 29.9 Å². The van der Waals surface area contributed by atoms with Gasteiger partial charge >= 0.3 is 5.97 Å². The number of benzene rings is 3. The summed E-state index contributed by atoms with van der Waals surface area (Å²) < 4.78 is 5.94. The van der Waals surface area contributed by atoms with Gasteiger partial charge < -0.3 is 19.8 Å². The second kappa shape index (κ2) is 12.5. The molecule has 6 heteroatoms. The van der Waals surface area contributed by atoms with Crippen molar-refractivity contribution in [3.05, 3.63) is 89.5 Å². The number of hydrogen-bond acceptors (Lipinski definition) is 4. The number of aryl methyl sites for hydroxylation is 1. The van der Waals surface area contributed by atoms with E-state index in [2.05, 4.69) is 19.1 Å². The topological polar surface area (TPSA) is 87.1 Å². The lowest BCUT2D eigenvalue weighted by Gasteiger charge is -2.29. The Hall–Kier alpha value is -3.64. The number of carbonyl (C=O) groups is 2. The third-order valence-electron chi connectivity index (χ3n) is 6.77. The second-order valence-electron chi connectivity index (χ2n) is 9.50. The minimum atomic E-state index is -1.12. The molecule has 1 fully saturated rings. The summed E-state index contributed by atoms with van der Waals surface area (Å²) in [5.41, 5.74) is 4.59. The summed E-state index contributed by atoms with van der Waals surface area (Å²) in [6.45, 7) is 2.55. The maximum atomic E-state index is 13.6. The number of amides is 1. The van der Waals surface area contributed by atoms with E-state index in [4.69, 9.17) is 9.84 Å². The highest BCUT2D eigenvalue weighted by molar-refractivity contribution is 5.95. The van der Waals surface area contributed by atoms with Crippen LogP contribution in [0.25, 0.3) is 11.1 Å². The van der Waals surface area contributed by atoms with E-state index >= 15 is 0 Å². The molecule has 37 heavy (non-hydrogen) atoms. The first kappa shape index (κ1) is 26.4. The number of carboxylic acids is 1. The molecule has 1 aliphatic carbocycles. The van der Waals surface area contributed by atoms with Gasteiger partial charge in [0.25, 0.3) is 5.91 Å². The Labute approximate surface area is 218 Å². The van der Waals surface area contributed by atoms with Crippen LogP contribution in [0.5, 0.6) is 5.75 Å². The molecule has 3 aromatic rings. The van der Waals surface area contributed by atoms with Crippen molar-refractivity contribution in [3.63, 3.8) is 0 Å². The molecule has 1 saturated carbocycles. The van der Waals surface area contributed by atoms with Gasteiger partial charge in [-0.15, -0.1) is 0 Å². The molecule has 0 bridgehead atoms. The first-order valence-electron chi connectivity index (χ1n) is 13.1. The normalized spacial score (nSPS) is 13.7. The van der Waals surface area contributed by atoms with Gasteiger partial charge in [0, 0.05) is 23.6 Å². The number of carboxylic acid groups (broad SMARTS) is 1. The third-order valence-corrected chi connectivity index (χ3v) is 6.77. The van der Waals surface area contributed by atoms with Crippen molar-refractivity contribution in [3.8, 4) is 16.9 Å². The highest BCUT2D eigenvalue weighted by Gasteiger charge is 2.38. The zero-order valence-corrected chi connectivity index (χ0v) is 21.3. The molecule has 1 unspecified atom stereocenters. The maximum absolute atomic E-state index is 13.6. The van der Waals surface area contributed by atoms with Crippen molar-refractivity contribution in [2.24, 2.45) is 0 Å². The van der Waals surface area contributed by atoms with Crippen molar-refractivity contribution in [1.29, 1.82) is 0 Å². The summed E-state index contributed by atoms with van der Waals surface area (Å²) in [4.78, 5) is 25.8. The van der Waals surface area contributed by atoms with Crippen molar-refractivity contribution in [1.82, 2.24) is 4.90 Å². The number of aliphatic hydroxyl groups is 1. The van der Waals surface area contributed by atoms with Crippen LogP contribution in [0, 0.1) is 0 Å². The van der Waals surface area contributed by atoms with Crippen molar-refractivity contribution < 1.29 is 24.5 Å². The van der Waals surface area contributed by atoms with Gasteiger partial charge in [-0.1, -0.05) is 61.5 Å². The Kier molecular flexibility index (Phi) is 8.96. The molecular weight excluding hydrogens is 466 g/mol. The predicted octanol–water partition coefficient (Wildman–Crippen LogP) is 6.24. The molecule has 0 saturated heterocycles. The standard InChI is InChI=1S/C31H35NO5/c1-2-22-10-5-6-11-26(22)23-15-17-24(18-16-23)30(35)32(25-19-20-25)31(36)27-12-7-8-13-28(27)37-21-9-3-4-14-29(33)34/h5-8,10-13,15-18,25,31,36H,2-4,9,14,19-21H2,1H3,(H,33,34). The maximum Gasteiger partial charge on any atom is 0.303 e. The average molecular weight is 502 g/mol. The Morgan fingerprint density at radius 1 is 0.946 bits per heavy atom. The summed E-state index contributed by atoms with van der Waals surface area (Å²) in [6.07, 6.45) is 3.76. The molecule has 6 nitrogen and oxygen atoms in total. The highest BCUT2D eigenvalue weighted by atomic mass is 16.5. The number of ether oxygens (including phenoxy) is 1. The van der Waals surface area contributed by atoms with E-state index in [1.165, 1.54) is 5.56 Å². The van der Waals surface area contributed by atoms with Gasteiger partial charge in [-0.3, -0.25) is 9.59 Å². The van der Waals surface area contributed by atoms with E-state index < -0.39 is 12.2 Å². The largest absolute Gasteiger partial charge is 0.493 e. The number of hydrogen-bond donors (Lipinski definition) is 2. The zero-order valence-electron chi connectivity index (χ0n) is 21.3. The molecule has 1 atom stereocenters. The number of unbranched alkanes of at least 4 members (excludes halogenated alkanes) is 2. The Balaban J connectivity index is 1.47. The number of carbonyl (C=O) groups excluding carboxylic acids is 1. The van der Waals surface area contributed by atoms with Gasteiger partial charge in [0.05, 0.1) is 6.61 Å². The van der Waals surface area contributed by atoms with Gasteiger partial charge in [-0.2, -0.15) is 0 Å². The van der Waals surface area contributed by atoms with E-state index in [9.17, 15) is 14.7 Å². The molecule has 0 radical (unpaired) electrons. The number of rotatable bonds is 13. The number of para-hydroxylation sites is 1. The number of aliphatic carboxylic acids is 1. The summed E-state index contributed by atoms with van der Waals surface area (Å²) in [7, 11) is 0. The van der Waals surface area contributed by atoms with Gasteiger partial charge in [0.1, 0.15) is 5.75 Å². The molecule has 0 aliphatic heterocycles. The summed E-state index contributed by atoms with van der Waals surface area (Å²) >= 11 is 0. The first-order valence-corrected chi connectivity index (χ1v) is 13.1. The van der Waals surface area contributed by atoms with Crippen LogP contribution < -0.4 is 4.74 Å². The van der Waals surface area contributed by atoms with Crippen LogP contribution >= 0.6 is 0 Å². The summed E-state index contributed by atoms with van der Waals surface area (Å²) in [5.74, 6) is -0.452. The quantitative estimate of drug-likeness (QED) is 0.214. The molecule has 0 spiro atoms. The van der Waals surface area contributed by atoms with Crippen LogP contribution in [-0.2, 0) is 11.2 Å². The lowest BCUT2D eigenvalue weighted by atomic mass is 9.97. The predicted molar refractivity (Wildman–Crippen MR) is 143 cm³/mol. The molecule has 4 rings (SSSR count). The molecule has 0 heterocycles. The molecule has 1 aliphatic rings. The van der Waals surface area contributed by atoms with Crippen LogP contribution in [0.4, 0.5) is 0 Å². The number of aliphatic hydroxyl groups excluding tert-OH is 1. The lowest BCUT2D eigenvalue weighted by Crippen LogP contribution is -2.37. The van der Waals surface area contributed by atoms with E-state index in [1.807, 2.05) is 48.5 Å².